The maximum Gasteiger partial charge on any atom is 0.220 e. The molecule has 2 aliphatic rings. The molecule has 10 heavy (non-hydrogen) atoms. The average molecular weight is 139 g/mol. The third-order valence-corrected chi connectivity index (χ3v) is 2.83. The van der Waals surface area contributed by atoms with Gasteiger partial charge in [0, 0.05) is 13.0 Å². The second kappa shape index (κ2) is 2.26. The molecular formula is C8H13NO. The van der Waals surface area contributed by atoms with Gasteiger partial charge in [-0.3, -0.25) is 4.79 Å². The Balaban J connectivity index is 1.88. The van der Waals surface area contributed by atoms with Crippen LogP contribution in [-0.2, 0) is 4.79 Å². The molecule has 0 aromatic rings. The third-order valence-electron chi connectivity index (χ3n) is 2.83. The Morgan fingerprint density at radius 2 is 2.10 bits per heavy atom. The summed E-state index contributed by atoms with van der Waals surface area (Å²) in [4.78, 5) is 10.8. The molecule has 1 atom stereocenters. The van der Waals surface area contributed by atoms with Crippen LogP contribution in [-0.4, -0.2) is 12.5 Å². The quantitative estimate of drug-likeness (QED) is 0.575. The normalized spacial score (nSPS) is 33.6. The molecule has 0 aromatic heterocycles. The molecule has 0 radical (unpaired) electrons. The van der Waals surface area contributed by atoms with Crippen molar-refractivity contribution in [3.05, 3.63) is 0 Å². The summed E-state index contributed by atoms with van der Waals surface area (Å²) < 4.78 is 0. The zero-order valence-electron chi connectivity index (χ0n) is 6.10. The first-order valence-electron chi connectivity index (χ1n) is 4.13. The molecule has 2 fully saturated rings. The van der Waals surface area contributed by atoms with Gasteiger partial charge in [-0.2, -0.15) is 0 Å². The van der Waals surface area contributed by atoms with Crippen LogP contribution in [0.2, 0.25) is 0 Å². The summed E-state index contributed by atoms with van der Waals surface area (Å²) in [5.41, 5.74) is 0. The number of carbonyl (C=O) groups excluding carboxylic acids is 1. The lowest BCUT2D eigenvalue weighted by Gasteiger charge is -2.29. The van der Waals surface area contributed by atoms with Crippen molar-refractivity contribution >= 4 is 5.91 Å². The Bertz CT molecular complexity index is 151. The maximum absolute atomic E-state index is 10.8. The highest BCUT2D eigenvalue weighted by Gasteiger charge is 2.32. The van der Waals surface area contributed by atoms with E-state index in [1.54, 1.807) is 0 Å². The Morgan fingerprint density at radius 3 is 2.50 bits per heavy atom. The van der Waals surface area contributed by atoms with Gasteiger partial charge in [0.1, 0.15) is 0 Å². The zero-order chi connectivity index (χ0) is 6.97. The molecule has 1 amide bonds. The highest BCUT2D eigenvalue weighted by Crippen LogP contribution is 2.36. The van der Waals surface area contributed by atoms with Crippen molar-refractivity contribution in [1.82, 2.24) is 5.32 Å². The first-order chi connectivity index (χ1) is 4.86. The molecule has 56 valence electrons. The maximum atomic E-state index is 10.8. The number of rotatable bonds is 1. The molecule has 2 heteroatoms. The SMILES string of the molecule is O=C1C[C@H](C2CCC2)CN1. The molecule has 0 unspecified atom stereocenters. The fraction of sp³-hybridized carbons (Fsp3) is 0.875. The van der Waals surface area contributed by atoms with Crippen LogP contribution in [0.5, 0.6) is 0 Å². The number of carbonyl (C=O) groups is 1. The first-order valence-corrected chi connectivity index (χ1v) is 4.13. The predicted octanol–water partition coefficient (Wildman–Crippen LogP) is 0.923. The second-order valence-corrected chi connectivity index (χ2v) is 3.46. The topological polar surface area (TPSA) is 29.1 Å². The van der Waals surface area contributed by atoms with E-state index in [1.807, 2.05) is 0 Å². The molecule has 1 N–H and O–H groups in total. The van der Waals surface area contributed by atoms with Crippen molar-refractivity contribution in [2.75, 3.05) is 6.54 Å². The second-order valence-electron chi connectivity index (χ2n) is 3.46. The van der Waals surface area contributed by atoms with Crippen LogP contribution in [0.3, 0.4) is 0 Å². The Kier molecular flexibility index (Phi) is 1.40. The Hall–Kier alpha value is -0.530. The fourth-order valence-electron chi connectivity index (χ4n) is 1.87. The van der Waals surface area contributed by atoms with Crippen molar-refractivity contribution < 1.29 is 4.79 Å². The lowest BCUT2D eigenvalue weighted by molar-refractivity contribution is -0.119. The van der Waals surface area contributed by atoms with Crippen molar-refractivity contribution in [3.8, 4) is 0 Å². The molecule has 2 nitrogen and oxygen atoms in total. The van der Waals surface area contributed by atoms with Crippen LogP contribution in [0.4, 0.5) is 0 Å². The minimum atomic E-state index is 0.261. The van der Waals surface area contributed by atoms with Gasteiger partial charge >= 0.3 is 0 Å². The number of amides is 1. The van der Waals surface area contributed by atoms with E-state index in [4.69, 9.17) is 0 Å². The van der Waals surface area contributed by atoms with Gasteiger partial charge in [-0.1, -0.05) is 19.3 Å². The molecule has 0 aromatic carbocycles. The van der Waals surface area contributed by atoms with E-state index in [2.05, 4.69) is 5.32 Å². The molecule has 1 aliphatic heterocycles. The third kappa shape index (κ3) is 0.917. The highest BCUT2D eigenvalue weighted by molar-refractivity contribution is 5.78. The number of hydrogen-bond donors (Lipinski definition) is 1. The average Bonchev–Trinajstić information content (AvgIpc) is 2.10. The minimum Gasteiger partial charge on any atom is -0.356 e. The van der Waals surface area contributed by atoms with Crippen LogP contribution in [0, 0.1) is 11.8 Å². The van der Waals surface area contributed by atoms with Gasteiger partial charge < -0.3 is 5.32 Å². The summed E-state index contributed by atoms with van der Waals surface area (Å²) in [6, 6.07) is 0. The summed E-state index contributed by atoms with van der Waals surface area (Å²) in [5.74, 6) is 1.82. The largest absolute Gasteiger partial charge is 0.356 e. The molecule has 1 saturated carbocycles. The van der Waals surface area contributed by atoms with E-state index in [9.17, 15) is 4.79 Å². The summed E-state index contributed by atoms with van der Waals surface area (Å²) >= 11 is 0. The van der Waals surface area contributed by atoms with Gasteiger partial charge in [0.2, 0.25) is 5.91 Å². The van der Waals surface area contributed by atoms with E-state index >= 15 is 0 Å². The Morgan fingerprint density at radius 1 is 1.30 bits per heavy atom. The van der Waals surface area contributed by atoms with Crippen LogP contribution in [0.1, 0.15) is 25.7 Å². The van der Waals surface area contributed by atoms with Crippen LogP contribution in [0.25, 0.3) is 0 Å². The molecular weight excluding hydrogens is 126 g/mol. The minimum absolute atomic E-state index is 0.261. The Labute approximate surface area is 61.0 Å². The highest BCUT2D eigenvalue weighted by atomic mass is 16.1. The van der Waals surface area contributed by atoms with Crippen LogP contribution in [0.15, 0.2) is 0 Å². The van der Waals surface area contributed by atoms with E-state index < -0.39 is 0 Å². The molecule has 1 heterocycles. The van der Waals surface area contributed by atoms with Gasteiger partial charge in [0.05, 0.1) is 0 Å². The summed E-state index contributed by atoms with van der Waals surface area (Å²) in [7, 11) is 0. The molecule has 1 saturated heterocycles. The predicted molar refractivity (Wildman–Crippen MR) is 38.5 cm³/mol. The monoisotopic (exact) mass is 139 g/mol. The number of hydrogen-bond acceptors (Lipinski definition) is 1. The lowest BCUT2D eigenvalue weighted by atomic mass is 9.75. The van der Waals surface area contributed by atoms with Crippen LogP contribution < -0.4 is 5.32 Å². The lowest BCUT2D eigenvalue weighted by Crippen LogP contribution is -2.23. The van der Waals surface area contributed by atoms with E-state index in [0.717, 1.165) is 18.9 Å². The summed E-state index contributed by atoms with van der Waals surface area (Å²) in [6.07, 6.45) is 4.90. The van der Waals surface area contributed by atoms with Gasteiger partial charge in [-0.15, -0.1) is 0 Å². The van der Waals surface area contributed by atoms with Gasteiger partial charge in [0.15, 0.2) is 0 Å². The van der Waals surface area contributed by atoms with E-state index in [0.29, 0.717) is 5.92 Å². The summed E-state index contributed by atoms with van der Waals surface area (Å²) in [5, 5.41) is 2.88. The van der Waals surface area contributed by atoms with Crippen molar-refractivity contribution in [2.24, 2.45) is 11.8 Å². The molecule has 2 rings (SSSR count). The van der Waals surface area contributed by atoms with Crippen molar-refractivity contribution in [1.29, 1.82) is 0 Å². The van der Waals surface area contributed by atoms with Gasteiger partial charge in [-0.25, -0.2) is 0 Å². The van der Waals surface area contributed by atoms with Crippen LogP contribution >= 0.6 is 0 Å². The van der Waals surface area contributed by atoms with Gasteiger partial charge in [0.25, 0.3) is 0 Å². The molecule has 0 bridgehead atoms. The smallest absolute Gasteiger partial charge is 0.220 e. The van der Waals surface area contributed by atoms with E-state index in [1.165, 1.54) is 19.3 Å². The molecule has 1 aliphatic carbocycles. The molecule has 0 spiro atoms. The van der Waals surface area contributed by atoms with Gasteiger partial charge in [-0.05, 0) is 11.8 Å². The van der Waals surface area contributed by atoms with E-state index in [-0.39, 0.29) is 5.91 Å². The zero-order valence-corrected chi connectivity index (χ0v) is 6.10. The van der Waals surface area contributed by atoms with Crippen molar-refractivity contribution in [3.63, 3.8) is 0 Å². The summed E-state index contributed by atoms with van der Waals surface area (Å²) in [6.45, 7) is 0.948. The first kappa shape index (κ1) is 6.20. The standard InChI is InChI=1S/C8H13NO/c10-8-4-7(5-9-8)6-2-1-3-6/h6-7H,1-5H2,(H,9,10)/t7-/m0/s1. The van der Waals surface area contributed by atoms with Crippen molar-refractivity contribution in [2.45, 2.75) is 25.7 Å². The fourth-order valence-corrected chi connectivity index (χ4v) is 1.87. The number of nitrogens with one attached hydrogen (secondary N) is 1.